The number of nitrogens with one attached hydrogen (secondary N) is 1. The van der Waals surface area contributed by atoms with Crippen molar-refractivity contribution >= 4 is 5.91 Å². The van der Waals surface area contributed by atoms with E-state index in [1.165, 1.54) is 16.7 Å². The summed E-state index contributed by atoms with van der Waals surface area (Å²) in [5, 5.41) is 3.14. The van der Waals surface area contributed by atoms with E-state index in [0.29, 0.717) is 6.61 Å². The Morgan fingerprint density at radius 3 is 2.88 bits per heavy atom. The van der Waals surface area contributed by atoms with Gasteiger partial charge in [-0.1, -0.05) is 12.1 Å². The second-order valence-corrected chi connectivity index (χ2v) is 7.43. The number of hydrogen-bond acceptors (Lipinski definition) is 3. The molecule has 1 aromatic heterocycles. The molecule has 2 aliphatic rings. The molecule has 4 rings (SSSR count). The number of fused-ring (bicyclic) bond motifs is 2. The summed E-state index contributed by atoms with van der Waals surface area (Å²) >= 11 is 0. The first-order valence-corrected chi connectivity index (χ1v) is 8.97. The standard InChI is InChI=1S/C21H24N2O2/c1-13-10-16-19(11-14(13)2)25-9-7-21(16)12-17(21)20(24)23-15(3)18-6-4-5-8-22-18/h4-6,8,10-11,15,17H,7,9,12H2,1-3H3,(H,23,24)/t15?,17-,21-/m0/s1. The number of carbonyl (C=O) groups is 1. The molecule has 3 atom stereocenters. The number of aromatic nitrogens is 1. The van der Waals surface area contributed by atoms with Crippen molar-refractivity contribution in [3.63, 3.8) is 0 Å². The molecular formula is C21H24N2O2. The molecule has 1 aliphatic carbocycles. The largest absolute Gasteiger partial charge is 0.493 e. The first-order chi connectivity index (χ1) is 12.0. The lowest BCUT2D eigenvalue weighted by atomic mass is 9.85. The second kappa shape index (κ2) is 5.87. The molecule has 1 unspecified atom stereocenters. The number of ether oxygens (including phenoxy) is 1. The smallest absolute Gasteiger partial charge is 0.224 e. The quantitative estimate of drug-likeness (QED) is 0.931. The fourth-order valence-electron chi connectivity index (χ4n) is 4.02. The lowest BCUT2D eigenvalue weighted by Gasteiger charge is -2.28. The molecule has 0 radical (unpaired) electrons. The molecule has 0 bridgehead atoms. The average Bonchev–Trinajstić information content (AvgIpc) is 3.33. The number of hydrogen-bond donors (Lipinski definition) is 1. The minimum atomic E-state index is -0.0783. The maximum absolute atomic E-state index is 12.8. The fraction of sp³-hybridized carbons (Fsp3) is 0.429. The first kappa shape index (κ1) is 16.1. The van der Waals surface area contributed by atoms with E-state index >= 15 is 0 Å². The van der Waals surface area contributed by atoms with Gasteiger partial charge in [-0.2, -0.15) is 0 Å². The van der Waals surface area contributed by atoms with Crippen LogP contribution in [0.25, 0.3) is 0 Å². The SMILES string of the molecule is Cc1cc2c(cc1C)[C@]1(CCO2)C[C@H]1C(=O)NC(C)c1ccccn1. The summed E-state index contributed by atoms with van der Waals surface area (Å²) in [4.78, 5) is 17.2. The topological polar surface area (TPSA) is 51.2 Å². The van der Waals surface area contributed by atoms with Gasteiger partial charge >= 0.3 is 0 Å². The van der Waals surface area contributed by atoms with E-state index in [1.807, 2.05) is 25.1 Å². The molecular weight excluding hydrogens is 312 g/mol. The zero-order valence-electron chi connectivity index (χ0n) is 15.0. The van der Waals surface area contributed by atoms with Crippen LogP contribution in [0.1, 0.15) is 48.2 Å². The minimum Gasteiger partial charge on any atom is -0.493 e. The third kappa shape index (κ3) is 2.70. The van der Waals surface area contributed by atoms with Crippen molar-refractivity contribution in [1.82, 2.24) is 10.3 Å². The van der Waals surface area contributed by atoms with Crippen molar-refractivity contribution in [3.05, 3.63) is 58.9 Å². The van der Waals surface area contributed by atoms with Crippen LogP contribution in [-0.4, -0.2) is 17.5 Å². The summed E-state index contributed by atoms with van der Waals surface area (Å²) in [6, 6.07) is 10.0. The second-order valence-electron chi connectivity index (χ2n) is 7.43. The van der Waals surface area contributed by atoms with Crippen LogP contribution in [0.2, 0.25) is 0 Å². The zero-order valence-corrected chi connectivity index (χ0v) is 15.0. The van der Waals surface area contributed by atoms with Gasteiger partial charge in [0.1, 0.15) is 5.75 Å². The van der Waals surface area contributed by atoms with E-state index in [9.17, 15) is 4.79 Å². The maximum Gasteiger partial charge on any atom is 0.224 e. The van der Waals surface area contributed by atoms with Crippen LogP contribution in [0.3, 0.4) is 0 Å². The van der Waals surface area contributed by atoms with Crippen LogP contribution in [-0.2, 0) is 10.2 Å². The average molecular weight is 336 g/mol. The van der Waals surface area contributed by atoms with Gasteiger partial charge < -0.3 is 10.1 Å². The molecule has 2 heterocycles. The van der Waals surface area contributed by atoms with Gasteiger partial charge in [-0.3, -0.25) is 9.78 Å². The molecule has 4 nitrogen and oxygen atoms in total. The molecule has 130 valence electrons. The van der Waals surface area contributed by atoms with Crippen LogP contribution in [0.4, 0.5) is 0 Å². The third-order valence-electron chi connectivity index (χ3n) is 5.82. The van der Waals surface area contributed by atoms with E-state index in [-0.39, 0.29) is 23.3 Å². The highest BCUT2D eigenvalue weighted by molar-refractivity contribution is 5.85. The summed E-state index contributed by atoms with van der Waals surface area (Å²) in [6.07, 6.45) is 3.58. The molecule has 4 heteroatoms. The number of rotatable bonds is 3. The van der Waals surface area contributed by atoms with Gasteiger partial charge in [-0.25, -0.2) is 0 Å². The Morgan fingerprint density at radius 1 is 1.32 bits per heavy atom. The van der Waals surface area contributed by atoms with E-state index in [2.05, 4.69) is 36.3 Å². The predicted octanol–water partition coefficient (Wildman–Crippen LogP) is 3.62. The summed E-state index contributed by atoms with van der Waals surface area (Å²) in [5.74, 6) is 1.12. The van der Waals surface area contributed by atoms with Crippen LogP contribution < -0.4 is 10.1 Å². The van der Waals surface area contributed by atoms with Crippen molar-refractivity contribution in [2.24, 2.45) is 5.92 Å². The van der Waals surface area contributed by atoms with E-state index < -0.39 is 0 Å². The molecule has 0 saturated heterocycles. The van der Waals surface area contributed by atoms with Gasteiger partial charge in [0.05, 0.1) is 18.3 Å². The Morgan fingerprint density at radius 2 is 2.12 bits per heavy atom. The number of amides is 1. The van der Waals surface area contributed by atoms with Crippen molar-refractivity contribution < 1.29 is 9.53 Å². The highest BCUT2D eigenvalue weighted by Crippen LogP contribution is 2.61. The Hall–Kier alpha value is -2.36. The molecule has 1 saturated carbocycles. The van der Waals surface area contributed by atoms with Gasteiger partial charge in [-0.15, -0.1) is 0 Å². The minimum absolute atomic E-state index is 0.0309. The van der Waals surface area contributed by atoms with Gasteiger partial charge in [0.2, 0.25) is 5.91 Å². The van der Waals surface area contributed by atoms with Crippen molar-refractivity contribution in [3.8, 4) is 5.75 Å². The lowest BCUT2D eigenvalue weighted by Crippen LogP contribution is -2.33. The van der Waals surface area contributed by atoms with Gasteiger partial charge in [-0.05, 0) is 62.9 Å². The number of carbonyl (C=O) groups excluding carboxylic acids is 1. The molecule has 1 aliphatic heterocycles. The Bertz CT molecular complexity index is 818. The molecule has 2 aromatic rings. The number of aryl methyl sites for hydroxylation is 2. The molecule has 1 amide bonds. The molecule has 1 N–H and O–H groups in total. The van der Waals surface area contributed by atoms with Gasteiger partial charge in [0, 0.05) is 23.1 Å². The van der Waals surface area contributed by atoms with E-state index in [0.717, 1.165) is 24.3 Å². The summed E-state index contributed by atoms with van der Waals surface area (Å²) in [7, 11) is 0. The molecule has 1 spiro atoms. The third-order valence-corrected chi connectivity index (χ3v) is 5.82. The number of benzene rings is 1. The normalized spacial score (nSPS) is 25.0. The van der Waals surface area contributed by atoms with E-state index in [4.69, 9.17) is 4.74 Å². The van der Waals surface area contributed by atoms with Crippen molar-refractivity contribution in [2.75, 3.05) is 6.61 Å². The van der Waals surface area contributed by atoms with Gasteiger partial charge in [0.25, 0.3) is 0 Å². The monoisotopic (exact) mass is 336 g/mol. The predicted molar refractivity (Wildman–Crippen MR) is 96.6 cm³/mol. The number of nitrogens with zero attached hydrogens (tertiary/aromatic N) is 1. The first-order valence-electron chi connectivity index (χ1n) is 8.97. The Balaban J connectivity index is 1.54. The summed E-state index contributed by atoms with van der Waals surface area (Å²) in [6.45, 7) is 6.90. The summed E-state index contributed by atoms with van der Waals surface area (Å²) < 4.78 is 5.87. The summed E-state index contributed by atoms with van der Waals surface area (Å²) in [5.41, 5.74) is 4.56. The zero-order chi connectivity index (χ0) is 17.6. The van der Waals surface area contributed by atoms with Crippen molar-refractivity contribution in [2.45, 2.75) is 45.1 Å². The van der Waals surface area contributed by atoms with Crippen LogP contribution >= 0.6 is 0 Å². The lowest BCUT2D eigenvalue weighted by molar-refractivity contribution is -0.123. The highest BCUT2D eigenvalue weighted by atomic mass is 16.5. The van der Waals surface area contributed by atoms with Crippen LogP contribution in [0.15, 0.2) is 36.5 Å². The van der Waals surface area contributed by atoms with Crippen LogP contribution in [0, 0.1) is 19.8 Å². The Labute approximate surface area is 148 Å². The Kier molecular flexibility index (Phi) is 3.78. The van der Waals surface area contributed by atoms with Gasteiger partial charge in [0.15, 0.2) is 0 Å². The van der Waals surface area contributed by atoms with E-state index in [1.54, 1.807) is 6.20 Å². The molecule has 25 heavy (non-hydrogen) atoms. The van der Waals surface area contributed by atoms with Crippen molar-refractivity contribution in [1.29, 1.82) is 0 Å². The molecule has 1 fully saturated rings. The maximum atomic E-state index is 12.8. The highest BCUT2D eigenvalue weighted by Gasteiger charge is 2.61. The molecule has 1 aromatic carbocycles. The fourth-order valence-corrected chi connectivity index (χ4v) is 4.02. The number of pyridine rings is 1. The van der Waals surface area contributed by atoms with Crippen LogP contribution in [0.5, 0.6) is 5.75 Å².